The zero-order valence-electron chi connectivity index (χ0n) is 8.19. The predicted molar refractivity (Wildman–Crippen MR) is 57.4 cm³/mol. The SMILES string of the molecule is OC1CCC(OCc2cccs2)CC1. The summed E-state index contributed by atoms with van der Waals surface area (Å²) in [7, 11) is 0. The zero-order valence-corrected chi connectivity index (χ0v) is 9.00. The molecule has 1 fully saturated rings. The van der Waals surface area contributed by atoms with E-state index in [1.54, 1.807) is 11.3 Å². The van der Waals surface area contributed by atoms with Gasteiger partial charge in [-0.05, 0) is 37.1 Å². The van der Waals surface area contributed by atoms with E-state index >= 15 is 0 Å². The monoisotopic (exact) mass is 212 g/mol. The Bertz CT molecular complexity index is 250. The molecule has 2 rings (SSSR count). The molecular weight excluding hydrogens is 196 g/mol. The molecule has 1 aliphatic carbocycles. The van der Waals surface area contributed by atoms with Crippen LogP contribution in [-0.2, 0) is 11.3 Å². The Morgan fingerprint density at radius 2 is 2.14 bits per heavy atom. The molecule has 0 spiro atoms. The van der Waals surface area contributed by atoms with E-state index in [4.69, 9.17) is 4.74 Å². The minimum absolute atomic E-state index is 0.0865. The van der Waals surface area contributed by atoms with Gasteiger partial charge in [-0.3, -0.25) is 0 Å². The van der Waals surface area contributed by atoms with Gasteiger partial charge in [0, 0.05) is 4.88 Å². The van der Waals surface area contributed by atoms with Crippen LogP contribution in [0, 0.1) is 0 Å². The lowest BCUT2D eigenvalue weighted by atomic mass is 9.95. The number of ether oxygens (including phenoxy) is 1. The first kappa shape index (κ1) is 10.1. The molecule has 0 saturated heterocycles. The van der Waals surface area contributed by atoms with Crippen LogP contribution >= 0.6 is 11.3 Å². The second kappa shape index (κ2) is 4.91. The number of hydrogen-bond donors (Lipinski definition) is 1. The van der Waals surface area contributed by atoms with Gasteiger partial charge in [-0.1, -0.05) is 6.07 Å². The highest BCUT2D eigenvalue weighted by atomic mass is 32.1. The Morgan fingerprint density at radius 3 is 2.79 bits per heavy atom. The maximum atomic E-state index is 9.33. The maximum absolute atomic E-state index is 9.33. The molecule has 1 aromatic heterocycles. The van der Waals surface area contributed by atoms with E-state index in [1.807, 2.05) is 6.07 Å². The molecule has 0 amide bonds. The highest BCUT2D eigenvalue weighted by molar-refractivity contribution is 7.09. The highest BCUT2D eigenvalue weighted by Gasteiger charge is 2.19. The first-order valence-electron chi connectivity index (χ1n) is 5.16. The van der Waals surface area contributed by atoms with Crippen molar-refractivity contribution in [3.63, 3.8) is 0 Å². The van der Waals surface area contributed by atoms with Gasteiger partial charge in [0.05, 0.1) is 18.8 Å². The minimum atomic E-state index is -0.0865. The third-order valence-electron chi connectivity index (χ3n) is 2.69. The summed E-state index contributed by atoms with van der Waals surface area (Å²) in [4.78, 5) is 1.29. The molecule has 0 radical (unpaired) electrons. The van der Waals surface area contributed by atoms with Crippen LogP contribution in [0.4, 0.5) is 0 Å². The van der Waals surface area contributed by atoms with Crippen LogP contribution in [0.1, 0.15) is 30.6 Å². The fourth-order valence-electron chi connectivity index (χ4n) is 1.81. The second-order valence-electron chi connectivity index (χ2n) is 3.82. The third-order valence-corrected chi connectivity index (χ3v) is 3.54. The van der Waals surface area contributed by atoms with Gasteiger partial charge >= 0.3 is 0 Å². The van der Waals surface area contributed by atoms with Crippen molar-refractivity contribution in [2.75, 3.05) is 0 Å². The summed E-state index contributed by atoms with van der Waals surface area (Å²) in [6.07, 6.45) is 4.08. The molecule has 1 aliphatic rings. The quantitative estimate of drug-likeness (QED) is 0.834. The normalized spacial score (nSPS) is 27.8. The van der Waals surface area contributed by atoms with Gasteiger partial charge in [0.25, 0.3) is 0 Å². The average Bonchev–Trinajstić information content (AvgIpc) is 2.70. The summed E-state index contributed by atoms with van der Waals surface area (Å²) in [6.45, 7) is 0.735. The lowest BCUT2D eigenvalue weighted by Gasteiger charge is -2.25. The van der Waals surface area contributed by atoms with E-state index in [1.165, 1.54) is 4.88 Å². The second-order valence-corrected chi connectivity index (χ2v) is 4.85. The van der Waals surface area contributed by atoms with E-state index < -0.39 is 0 Å². The van der Waals surface area contributed by atoms with Crippen LogP contribution in [0.15, 0.2) is 17.5 Å². The summed E-state index contributed by atoms with van der Waals surface area (Å²) >= 11 is 1.74. The van der Waals surface area contributed by atoms with Gasteiger partial charge in [0.2, 0.25) is 0 Å². The Kier molecular flexibility index (Phi) is 3.56. The van der Waals surface area contributed by atoms with E-state index in [9.17, 15) is 5.11 Å². The summed E-state index contributed by atoms with van der Waals surface area (Å²) in [5, 5.41) is 11.4. The van der Waals surface area contributed by atoms with Gasteiger partial charge in [-0.2, -0.15) is 0 Å². The van der Waals surface area contributed by atoms with Crippen molar-refractivity contribution in [3.8, 4) is 0 Å². The van der Waals surface area contributed by atoms with Crippen LogP contribution in [0.3, 0.4) is 0 Å². The molecule has 1 aromatic rings. The van der Waals surface area contributed by atoms with Crippen LogP contribution in [0.25, 0.3) is 0 Å². The lowest BCUT2D eigenvalue weighted by molar-refractivity contribution is -0.0109. The molecule has 3 heteroatoms. The molecule has 0 atom stereocenters. The number of aliphatic hydroxyl groups excluding tert-OH is 1. The van der Waals surface area contributed by atoms with Crippen molar-refractivity contribution in [1.82, 2.24) is 0 Å². The van der Waals surface area contributed by atoms with Crippen molar-refractivity contribution in [2.45, 2.75) is 44.5 Å². The smallest absolute Gasteiger partial charge is 0.0813 e. The van der Waals surface area contributed by atoms with Crippen molar-refractivity contribution in [3.05, 3.63) is 22.4 Å². The Labute approximate surface area is 88.5 Å². The number of aliphatic hydroxyl groups is 1. The van der Waals surface area contributed by atoms with E-state index in [0.717, 1.165) is 32.3 Å². The molecular formula is C11H16O2S. The van der Waals surface area contributed by atoms with Gasteiger partial charge in [-0.25, -0.2) is 0 Å². The minimum Gasteiger partial charge on any atom is -0.393 e. The van der Waals surface area contributed by atoms with Crippen LogP contribution in [0.2, 0.25) is 0 Å². The fourth-order valence-corrected chi connectivity index (χ4v) is 2.43. The molecule has 78 valence electrons. The van der Waals surface area contributed by atoms with E-state index in [0.29, 0.717) is 6.10 Å². The van der Waals surface area contributed by atoms with Gasteiger partial charge < -0.3 is 9.84 Å². The largest absolute Gasteiger partial charge is 0.393 e. The standard InChI is InChI=1S/C11H16O2S/c12-9-3-5-10(6-4-9)13-8-11-2-1-7-14-11/h1-2,7,9-10,12H,3-6,8H2. The van der Waals surface area contributed by atoms with Crippen molar-refractivity contribution in [2.24, 2.45) is 0 Å². The third kappa shape index (κ3) is 2.80. The number of hydrogen-bond acceptors (Lipinski definition) is 3. The van der Waals surface area contributed by atoms with Crippen LogP contribution in [-0.4, -0.2) is 17.3 Å². The van der Waals surface area contributed by atoms with Gasteiger partial charge in [0.15, 0.2) is 0 Å². The predicted octanol–water partition coefficient (Wildman–Crippen LogP) is 2.57. The lowest BCUT2D eigenvalue weighted by Crippen LogP contribution is -2.24. The fraction of sp³-hybridized carbons (Fsp3) is 0.636. The Balaban J connectivity index is 1.71. The molecule has 1 heterocycles. The summed E-state index contributed by atoms with van der Waals surface area (Å²) in [6, 6.07) is 4.15. The van der Waals surface area contributed by atoms with E-state index in [2.05, 4.69) is 11.4 Å². The molecule has 0 unspecified atom stereocenters. The number of rotatable bonds is 3. The van der Waals surface area contributed by atoms with Gasteiger partial charge in [0.1, 0.15) is 0 Å². The summed E-state index contributed by atoms with van der Waals surface area (Å²) < 4.78 is 5.77. The molecule has 2 nitrogen and oxygen atoms in total. The maximum Gasteiger partial charge on any atom is 0.0813 e. The Hall–Kier alpha value is -0.380. The first-order valence-corrected chi connectivity index (χ1v) is 6.04. The topological polar surface area (TPSA) is 29.5 Å². The van der Waals surface area contributed by atoms with Gasteiger partial charge in [-0.15, -0.1) is 11.3 Å². The van der Waals surface area contributed by atoms with Crippen LogP contribution in [0.5, 0.6) is 0 Å². The zero-order chi connectivity index (χ0) is 9.80. The highest BCUT2D eigenvalue weighted by Crippen LogP contribution is 2.22. The molecule has 0 bridgehead atoms. The molecule has 0 aliphatic heterocycles. The van der Waals surface area contributed by atoms with E-state index in [-0.39, 0.29) is 6.10 Å². The summed E-state index contributed by atoms with van der Waals surface area (Å²) in [5.41, 5.74) is 0. The van der Waals surface area contributed by atoms with Crippen molar-refractivity contribution < 1.29 is 9.84 Å². The first-order chi connectivity index (χ1) is 6.84. The Morgan fingerprint density at radius 1 is 1.36 bits per heavy atom. The van der Waals surface area contributed by atoms with Crippen LogP contribution < -0.4 is 0 Å². The number of thiophene rings is 1. The molecule has 1 saturated carbocycles. The van der Waals surface area contributed by atoms with Crippen molar-refractivity contribution in [1.29, 1.82) is 0 Å². The average molecular weight is 212 g/mol. The molecule has 14 heavy (non-hydrogen) atoms. The summed E-state index contributed by atoms with van der Waals surface area (Å²) in [5.74, 6) is 0. The molecule has 0 aromatic carbocycles. The molecule has 1 N–H and O–H groups in total. The van der Waals surface area contributed by atoms with Crippen molar-refractivity contribution >= 4 is 11.3 Å².